The summed E-state index contributed by atoms with van der Waals surface area (Å²) in [6, 6.07) is -0.434. The van der Waals surface area contributed by atoms with Gasteiger partial charge in [0.15, 0.2) is 23.3 Å². The molecule has 1 aromatic carbocycles. The molecule has 0 aromatic heterocycles. The molecular weight excluding hydrogens is 295 g/mol. The molecular formula is C13H13F5N2O. The first-order valence-electron chi connectivity index (χ1n) is 6.36. The van der Waals surface area contributed by atoms with Crippen molar-refractivity contribution in [2.24, 2.45) is 5.92 Å². The average Bonchev–Trinajstić information content (AvgIpc) is 2.43. The van der Waals surface area contributed by atoms with Gasteiger partial charge in [-0.2, -0.15) is 0 Å². The Kier molecular flexibility index (Phi) is 4.46. The van der Waals surface area contributed by atoms with Crippen LogP contribution in [0.4, 0.5) is 22.0 Å². The van der Waals surface area contributed by atoms with E-state index in [2.05, 4.69) is 10.6 Å². The zero-order chi connectivity index (χ0) is 15.7. The molecule has 1 amide bonds. The maximum absolute atomic E-state index is 13.5. The summed E-state index contributed by atoms with van der Waals surface area (Å²) in [4.78, 5) is 11.8. The topological polar surface area (TPSA) is 41.1 Å². The summed E-state index contributed by atoms with van der Waals surface area (Å²) in [5.74, 6) is -11.9. The molecule has 1 aromatic rings. The minimum Gasteiger partial charge on any atom is -0.348 e. The van der Waals surface area contributed by atoms with Gasteiger partial charge in [-0.1, -0.05) is 6.92 Å². The first kappa shape index (κ1) is 15.7. The van der Waals surface area contributed by atoms with Crippen LogP contribution in [-0.2, 0) is 0 Å². The Bertz CT molecular complexity index is 549. The fraction of sp³-hybridized carbons (Fsp3) is 0.462. The quantitative estimate of drug-likeness (QED) is 0.499. The standard InChI is InChI=1S/C13H13F5N2O/c1-5-2-6(4-19-3-5)20-13(21)7-8(14)10(16)12(18)11(17)9(7)15/h5-6,19H,2-4H2,1H3,(H,20,21). The molecule has 21 heavy (non-hydrogen) atoms. The molecule has 2 rings (SSSR count). The van der Waals surface area contributed by atoms with E-state index in [1.165, 1.54) is 0 Å². The highest BCUT2D eigenvalue weighted by molar-refractivity contribution is 5.95. The Morgan fingerprint density at radius 2 is 1.52 bits per heavy atom. The second kappa shape index (κ2) is 5.97. The Morgan fingerprint density at radius 3 is 2.05 bits per heavy atom. The Morgan fingerprint density at radius 1 is 1.00 bits per heavy atom. The largest absolute Gasteiger partial charge is 0.348 e. The third kappa shape index (κ3) is 2.99. The third-order valence-electron chi connectivity index (χ3n) is 3.34. The van der Waals surface area contributed by atoms with Crippen LogP contribution in [0.2, 0.25) is 0 Å². The summed E-state index contributed by atoms with van der Waals surface area (Å²) < 4.78 is 66.0. The van der Waals surface area contributed by atoms with Gasteiger partial charge in [0.25, 0.3) is 5.91 Å². The number of amides is 1. The second-order valence-corrected chi connectivity index (χ2v) is 5.11. The number of halogens is 5. The lowest BCUT2D eigenvalue weighted by atomic mass is 9.97. The highest BCUT2D eigenvalue weighted by Gasteiger charge is 2.31. The molecule has 0 bridgehead atoms. The van der Waals surface area contributed by atoms with Crippen molar-refractivity contribution in [3.8, 4) is 0 Å². The summed E-state index contributed by atoms with van der Waals surface area (Å²) in [6.07, 6.45) is 0.550. The zero-order valence-corrected chi connectivity index (χ0v) is 11.1. The van der Waals surface area contributed by atoms with Gasteiger partial charge in [-0.3, -0.25) is 4.79 Å². The summed E-state index contributed by atoms with van der Waals surface area (Å²) in [5.41, 5.74) is -1.45. The van der Waals surface area contributed by atoms with E-state index in [9.17, 15) is 26.7 Å². The van der Waals surface area contributed by atoms with Crippen molar-refractivity contribution >= 4 is 5.91 Å². The maximum Gasteiger partial charge on any atom is 0.257 e. The molecule has 1 aliphatic rings. The molecule has 0 saturated carbocycles. The highest BCUT2D eigenvalue weighted by Crippen LogP contribution is 2.23. The Balaban J connectivity index is 2.27. The molecule has 0 aliphatic carbocycles. The predicted octanol–water partition coefficient (Wildman–Crippen LogP) is 2.11. The lowest BCUT2D eigenvalue weighted by molar-refractivity contribution is 0.0913. The Hall–Kier alpha value is -1.70. The molecule has 0 radical (unpaired) electrons. The monoisotopic (exact) mass is 308 g/mol. The van der Waals surface area contributed by atoms with Gasteiger partial charge < -0.3 is 10.6 Å². The van der Waals surface area contributed by atoms with Crippen LogP contribution in [-0.4, -0.2) is 25.0 Å². The van der Waals surface area contributed by atoms with E-state index in [-0.39, 0.29) is 5.92 Å². The van der Waals surface area contributed by atoms with Crippen LogP contribution < -0.4 is 10.6 Å². The highest BCUT2D eigenvalue weighted by atomic mass is 19.2. The minimum absolute atomic E-state index is 0.223. The van der Waals surface area contributed by atoms with Gasteiger partial charge in [-0.05, 0) is 18.9 Å². The molecule has 2 atom stereocenters. The van der Waals surface area contributed by atoms with E-state index in [1.54, 1.807) is 0 Å². The van der Waals surface area contributed by atoms with Gasteiger partial charge in [-0.15, -0.1) is 0 Å². The molecule has 0 spiro atoms. The van der Waals surface area contributed by atoms with Crippen molar-refractivity contribution in [1.29, 1.82) is 0 Å². The third-order valence-corrected chi connectivity index (χ3v) is 3.34. The van der Waals surface area contributed by atoms with Crippen molar-refractivity contribution in [2.45, 2.75) is 19.4 Å². The number of rotatable bonds is 2. The predicted molar refractivity (Wildman–Crippen MR) is 64.1 cm³/mol. The van der Waals surface area contributed by atoms with E-state index in [0.717, 1.165) is 6.54 Å². The van der Waals surface area contributed by atoms with Crippen LogP contribution in [0.5, 0.6) is 0 Å². The zero-order valence-electron chi connectivity index (χ0n) is 11.1. The van der Waals surface area contributed by atoms with Crippen molar-refractivity contribution in [3.05, 3.63) is 34.6 Å². The molecule has 2 unspecified atom stereocenters. The maximum atomic E-state index is 13.5. The summed E-state index contributed by atoms with van der Waals surface area (Å²) in [6.45, 7) is 3.00. The van der Waals surface area contributed by atoms with Crippen LogP contribution in [0.15, 0.2) is 0 Å². The van der Waals surface area contributed by atoms with Crippen LogP contribution in [0.3, 0.4) is 0 Å². The van der Waals surface area contributed by atoms with Crippen LogP contribution in [0.1, 0.15) is 23.7 Å². The van der Waals surface area contributed by atoms with E-state index >= 15 is 0 Å². The molecule has 1 saturated heterocycles. The van der Waals surface area contributed by atoms with Gasteiger partial charge in [0.1, 0.15) is 5.56 Å². The number of hydrogen-bond acceptors (Lipinski definition) is 2. The molecule has 2 N–H and O–H groups in total. The first-order valence-corrected chi connectivity index (χ1v) is 6.36. The van der Waals surface area contributed by atoms with Crippen LogP contribution >= 0.6 is 0 Å². The van der Waals surface area contributed by atoms with Gasteiger partial charge in [-0.25, -0.2) is 22.0 Å². The van der Waals surface area contributed by atoms with Crippen molar-refractivity contribution < 1.29 is 26.7 Å². The SMILES string of the molecule is CC1CNCC(NC(=O)c2c(F)c(F)c(F)c(F)c2F)C1. The van der Waals surface area contributed by atoms with E-state index in [1.807, 2.05) is 6.92 Å². The lowest BCUT2D eigenvalue weighted by Gasteiger charge is -2.28. The van der Waals surface area contributed by atoms with Crippen LogP contribution in [0, 0.1) is 35.0 Å². The van der Waals surface area contributed by atoms with E-state index in [4.69, 9.17) is 0 Å². The molecule has 8 heteroatoms. The fourth-order valence-electron chi connectivity index (χ4n) is 2.33. The number of piperidine rings is 1. The van der Waals surface area contributed by atoms with Crippen molar-refractivity contribution in [3.63, 3.8) is 0 Å². The summed E-state index contributed by atoms with van der Waals surface area (Å²) >= 11 is 0. The number of carbonyl (C=O) groups is 1. The van der Waals surface area contributed by atoms with Crippen molar-refractivity contribution in [1.82, 2.24) is 10.6 Å². The van der Waals surface area contributed by atoms with E-state index < -0.39 is 46.6 Å². The second-order valence-electron chi connectivity index (χ2n) is 5.11. The Labute approximate surface area is 117 Å². The number of benzene rings is 1. The van der Waals surface area contributed by atoms with Gasteiger partial charge in [0.2, 0.25) is 5.82 Å². The number of nitrogens with one attached hydrogen (secondary N) is 2. The van der Waals surface area contributed by atoms with Crippen molar-refractivity contribution in [2.75, 3.05) is 13.1 Å². The molecule has 1 fully saturated rings. The molecule has 116 valence electrons. The normalized spacial score (nSPS) is 22.2. The number of hydrogen-bond donors (Lipinski definition) is 2. The summed E-state index contributed by atoms with van der Waals surface area (Å²) in [5, 5.41) is 5.28. The minimum atomic E-state index is -2.28. The molecule has 1 heterocycles. The molecule has 1 aliphatic heterocycles. The lowest BCUT2D eigenvalue weighted by Crippen LogP contribution is -2.48. The smallest absolute Gasteiger partial charge is 0.257 e. The van der Waals surface area contributed by atoms with E-state index in [0.29, 0.717) is 13.0 Å². The number of carbonyl (C=O) groups excluding carboxylic acids is 1. The average molecular weight is 308 g/mol. The fourth-order valence-corrected chi connectivity index (χ4v) is 2.33. The first-order chi connectivity index (χ1) is 9.82. The van der Waals surface area contributed by atoms with Gasteiger partial charge in [0, 0.05) is 12.6 Å². The van der Waals surface area contributed by atoms with Gasteiger partial charge in [0.05, 0.1) is 0 Å². The van der Waals surface area contributed by atoms with Gasteiger partial charge >= 0.3 is 0 Å². The summed E-state index contributed by atoms with van der Waals surface area (Å²) in [7, 11) is 0. The molecule has 3 nitrogen and oxygen atoms in total. The van der Waals surface area contributed by atoms with Crippen LogP contribution in [0.25, 0.3) is 0 Å².